The lowest BCUT2D eigenvalue weighted by atomic mass is 9.95. The first kappa shape index (κ1) is 26.0. The molecule has 2 aromatic rings. The first-order valence-electron chi connectivity index (χ1n) is 12.0. The minimum atomic E-state index is -0.703. The molecule has 35 heavy (non-hydrogen) atoms. The molecule has 1 saturated heterocycles. The van der Waals surface area contributed by atoms with E-state index in [2.05, 4.69) is 25.3 Å². The molecule has 3 rings (SSSR count). The second-order valence-electron chi connectivity index (χ2n) is 8.15. The summed E-state index contributed by atoms with van der Waals surface area (Å²) in [5.41, 5.74) is 1.26. The Bertz CT molecular complexity index is 1060. The third-order valence-electron chi connectivity index (χ3n) is 6.09. The number of hydrogen-bond donors (Lipinski definition) is 1. The third-order valence-corrected chi connectivity index (χ3v) is 6.09. The summed E-state index contributed by atoms with van der Waals surface area (Å²) in [5.74, 6) is -0.182. The van der Waals surface area contributed by atoms with Crippen LogP contribution in [0.5, 0.6) is 11.5 Å². The van der Waals surface area contributed by atoms with Gasteiger partial charge < -0.3 is 24.4 Å². The molecule has 0 spiro atoms. The van der Waals surface area contributed by atoms with Crippen LogP contribution in [0.4, 0.5) is 0 Å². The maximum absolute atomic E-state index is 13.2. The quantitative estimate of drug-likeness (QED) is 0.211. The number of Topliss-reactive ketones (excluding diaryl/α,β-unsaturated/α-hetero) is 1. The maximum atomic E-state index is 13.2. The zero-order valence-corrected chi connectivity index (χ0v) is 20.7. The number of aliphatic hydroxyl groups is 1. The van der Waals surface area contributed by atoms with Crippen molar-refractivity contribution in [3.63, 3.8) is 0 Å². The van der Waals surface area contributed by atoms with Gasteiger partial charge in [-0.05, 0) is 62.0 Å². The van der Waals surface area contributed by atoms with Crippen LogP contribution in [0, 0.1) is 0 Å². The van der Waals surface area contributed by atoms with Crippen LogP contribution in [0.25, 0.3) is 5.76 Å². The van der Waals surface area contributed by atoms with E-state index in [0.29, 0.717) is 43.4 Å². The van der Waals surface area contributed by atoms with Crippen LogP contribution in [0.15, 0.2) is 66.8 Å². The highest BCUT2D eigenvalue weighted by molar-refractivity contribution is 6.46. The number of ketones is 1. The first-order chi connectivity index (χ1) is 16.9. The molecule has 0 aliphatic carbocycles. The number of amides is 1. The summed E-state index contributed by atoms with van der Waals surface area (Å²) in [7, 11) is 0. The van der Waals surface area contributed by atoms with E-state index in [1.54, 1.807) is 47.4 Å². The predicted octanol–water partition coefficient (Wildman–Crippen LogP) is 4.41. The van der Waals surface area contributed by atoms with Crippen molar-refractivity contribution < 1.29 is 24.2 Å². The molecule has 7 heteroatoms. The standard InChI is InChI=1S/C28H34N2O5/c1-5-19-35-23-13-9-20(10-14-23)25-24(26(31)21-11-15-22(16-12-21)34-8-4)27(32)28(33)30(25)18-17-29(6-2)7-3/h5,9-16,25,31H,1,6-8,17-19H2,2-4H3/b26-24+. The van der Waals surface area contributed by atoms with Crippen LogP contribution in [0.1, 0.15) is 37.9 Å². The predicted molar refractivity (Wildman–Crippen MR) is 137 cm³/mol. The second-order valence-corrected chi connectivity index (χ2v) is 8.15. The topological polar surface area (TPSA) is 79.3 Å². The largest absolute Gasteiger partial charge is 0.507 e. The lowest BCUT2D eigenvalue weighted by Crippen LogP contribution is -2.38. The van der Waals surface area contributed by atoms with Crippen LogP contribution in [0.2, 0.25) is 0 Å². The highest BCUT2D eigenvalue weighted by Gasteiger charge is 2.45. The number of ether oxygens (including phenoxy) is 2. The number of nitrogens with zero attached hydrogens (tertiary/aromatic N) is 2. The van der Waals surface area contributed by atoms with Gasteiger partial charge >= 0.3 is 0 Å². The third kappa shape index (κ3) is 5.92. The second kappa shape index (κ2) is 12.2. The fourth-order valence-electron chi connectivity index (χ4n) is 4.18. The van der Waals surface area contributed by atoms with Crippen molar-refractivity contribution in [3.05, 3.63) is 77.9 Å². The summed E-state index contributed by atoms with van der Waals surface area (Å²) in [6.07, 6.45) is 1.66. The summed E-state index contributed by atoms with van der Waals surface area (Å²) in [6, 6.07) is 13.4. The van der Waals surface area contributed by atoms with Gasteiger partial charge in [-0.2, -0.15) is 0 Å². The molecule has 1 amide bonds. The SMILES string of the molecule is C=CCOc1ccc(C2/C(=C(\O)c3ccc(OCC)cc3)C(=O)C(=O)N2CCN(CC)CC)cc1. The Kier molecular flexibility index (Phi) is 9.09. The Balaban J connectivity index is 2.03. The number of hydrogen-bond acceptors (Lipinski definition) is 6. The number of benzene rings is 2. The van der Waals surface area contributed by atoms with E-state index in [1.807, 2.05) is 19.1 Å². The Hall–Kier alpha value is -3.58. The van der Waals surface area contributed by atoms with Gasteiger partial charge in [0.2, 0.25) is 0 Å². The number of likely N-dealkylation sites (tertiary alicyclic amines) is 1. The molecule has 1 aliphatic heterocycles. The van der Waals surface area contributed by atoms with Crippen molar-refractivity contribution in [1.82, 2.24) is 9.80 Å². The van der Waals surface area contributed by atoms with Crippen molar-refractivity contribution in [2.45, 2.75) is 26.8 Å². The van der Waals surface area contributed by atoms with Crippen LogP contribution in [0.3, 0.4) is 0 Å². The van der Waals surface area contributed by atoms with Gasteiger partial charge in [-0.25, -0.2) is 0 Å². The Morgan fingerprint density at radius 3 is 2.17 bits per heavy atom. The fraction of sp³-hybridized carbons (Fsp3) is 0.357. The minimum Gasteiger partial charge on any atom is -0.507 e. The van der Waals surface area contributed by atoms with E-state index in [-0.39, 0.29) is 11.3 Å². The molecule has 1 heterocycles. The minimum absolute atomic E-state index is 0.0819. The lowest BCUT2D eigenvalue weighted by Gasteiger charge is -2.28. The number of carbonyl (C=O) groups is 2. The van der Waals surface area contributed by atoms with Gasteiger partial charge in [0.1, 0.15) is 23.9 Å². The van der Waals surface area contributed by atoms with Crippen molar-refractivity contribution in [1.29, 1.82) is 0 Å². The molecule has 1 atom stereocenters. The van der Waals surface area contributed by atoms with Crippen LogP contribution in [-0.2, 0) is 9.59 Å². The van der Waals surface area contributed by atoms with E-state index in [4.69, 9.17) is 9.47 Å². The average molecular weight is 479 g/mol. The summed E-state index contributed by atoms with van der Waals surface area (Å²) in [4.78, 5) is 30.1. The summed E-state index contributed by atoms with van der Waals surface area (Å²) < 4.78 is 11.1. The molecule has 186 valence electrons. The number of likely N-dealkylation sites (N-methyl/N-ethyl adjacent to an activating group) is 1. The zero-order valence-electron chi connectivity index (χ0n) is 20.7. The van der Waals surface area contributed by atoms with Gasteiger partial charge in [0.25, 0.3) is 11.7 Å². The van der Waals surface area contributed by atoms with E-state index in [0.717, 1.165) is 18.7 Å². The maximum Gasteiger partial charge on any atom is 0.295 e. The van der Waals surface area contributed by atoms with Gasteiger partial charge in [-0.3, -0.25) is 9.59 Å². The van der Waals surface area contributed by atoms with Gasteiger partial charge in [0.05, 0.1) is 18.2 Å². The molecular weight excluding hydrogens is 444 g/mol. The summed E-state index contributed by atoms with van der Waals surface area (Å²) >= 11 is 0. The van der Waals surface area contributed by atoms with E-state index in [1.165, 1.54) is 0 Å². The normalized spacial score (nSPS) is 17.1. The first-order valence-corrected chi connectivity index (χ1v) is 12.0. The molecule has 0 saturated carbocycles. The number of aliphatic hydroxyl groups excluding tert-OH is 1. The van der Waals surface area contributed by atoms with E-state index >= 15 is 0 Å². The average Bonchev–Trinajstić information content (AvgIpc) is 3.13. The molecule has 0 aromatic heterocycles. The van der Waals surface area contributed by atoms with Gasteiger partial charge in [-0.15, -0.1) is 0 Å². The fourth-order valence-corrected chi connectivity index (χ4v) is 4.18. The zero-order chi connectivity index (χ0) is 25.4. The highest BCUT2D eigenvalue weighted by Crippen LogP contribution is 2.39. The molecule has 2 aromatic carbocycles. The van der Waals surface area contributed by atoms with Crippen LogP contribution < -0.4 is 9.47 Å². The molecular formula is C28H34N2O5. The lowest BCUT2D eigenvalue weighted by molar-refractivity contribution is -0.140. The van der Waals surface area contributed by atoms with E-state index < -0.39 is 17.7 Å². The highest BCUT2D eigenvalue weighted by atomic mass is 16.5. The Labute approximate surface area is 207 Å². The molecule has 1 N–H and O–H groups in total. The van der Waals surface area contributed by atoms with Gasteiger partial charge in [-0.1, -0.05) is 38.6 Å². The van der Waals surface area contributed by atoms with Crippen molar-refractivity contribution in [3.8, 4) is 11.5 Å². The smallest absolute Gasteiger partial charge is 0.295 e. The van der Waals surface area contributed by atoms with Gasteiger partial charge in [0, 0.05) is 18.7 Å². The van der Waals surface area contributed by atoms with Gasteiger partial charge in [0.15, 0.2) is 0 Å². The summed E-state index contributed by atoms with van der Waals surface area (Å²) in [5, 5.41) is 11.2. The number of rotatable bonds is 12. The molecule has 0 radical (unpaired) electrons. The van der Waals surface area contributed by atoms with Crippen LogP contribution in [-0.4, -0.2) is 66.0 Å². The van der Waals surface area contributed by atoms with Crippen molar-refractivity contribution >= 4 is 17.4 Å². The Morgan fingerprint density at radius 2 is 1.60 bits per heavy atom. The molecule has 1 fully saturated rings. The van der Waals surface area contributed by atoms with Crippen LogP contribution >= 0.6 is 0 Å². The molecule has 7 nitrogen and oxygen atoms in total. The van der Waals surface area contributed by atoms with Crippen molar-refractivity contribution in [2.24, 2.45) is 0 Å². The molecule has 0 bridgehead atoms. The molecule has 1 unspecified atom stereocenters. The molecule has 1 aliphatic rings. The van der Waals surface area contributed by atoms with Crippen molar-refractivity contribution in [2.75, 3.05) is 39.4 Å². The van der Waals surface area contributed by atoms with E-state index in [9.17, 15) is 14.7 Å². The monoisotopic (exact) mass is 478 g/mol. The summed E-state index contributed by atoms with van der Waals surface area (Å²) in [6.45, 7) is 13.2. The number of carbonyl (C=O) groups excluding carboxylic acids is 2. The Morgan fingerprint density at radius 1 is 1.00 bits per heavy atom.